The molecule has 6 nitrogen and oxygen atoms in total. The maximum Gasteiger partial charge on any atom is 0.307 e. The highest BCUT2D eigenvalue weighted by molar-refractivity contribution is 5.71. The number of aliphatic hydroxyl groups excluding tert-OH is 1. The molecule has 0 bridgehead atoms. The van der Waals surface area contributed by atoms with Gasteiger partial charge in [-0.2, -0.15) is 0 Å². The SMILES string of the molecule is CCC(O)CCC(=O)OC(CC(=O)O)C[N+](C)(C)C. The van der Waals surface area contributed by atoms with Gasteiger partial charge in [-0.15, -0.1) is 0 Å². The van der Waals surface area contributed by atoms with E-state index in [0.717, 1.165) is 0 Å². The van der Waals surface area contributed by atoms with Crippen LogP contribution in [0.4, 0.5) is 0 Å². The summed E-state index contributed by atoms with van der Waals surface area (Å²) in [5.41, 5.74) is 0. The number of nitrogens with zero attached hydrogens (tertiary/aromatic N) is 1. The zero-order valence-corrected chi connectivity index (χ0v) is 12.3. The molecule has 0 saturated carbocycles. The molecule has 0 spiro atoms. The van der Waals surface area contributed by atoms with Gasteiger partial charge < -0.3 is 19.4 Å². The van der Waals surface area contributed by atoms with Crippen molar-refractivity contribution in [1.29, 1.82) is 0 Å². The third-order valence-electron chi connectivity index (χ3n) is 2.60. The van der Waals surface area contributed by atoms with E-state index in [0.29, 0.717) is 23.9 Å². The fourth-order valence-electron chi connectivity index (χ4n) is 1.68. The molecule has 0 heterocycles. The highest BCUT2D eigenvalue weighted by Crippen LogP contribution is 2.09. The number of aliphatic carboxylic acids is 1. The third kappa shape index (κ3) is 10.5. The summed E-state index contributed by atoms with van der Waals surface area (Å²) in [5, 5.41) is 18.2. The van der Waals surface area contributed by atoms with Crippen LogP contribution in [0.3, 0.4) is 0 Å². The monoisotopic (exact) mass is 276 g/mol. The molecule has 2 unspecified atom stereocenters. The lowest BCUT2D eigenvalue weighted by Crippen LogP contribution is -2.43. The first kappa shape index (κ1) is 17.9. The van der Waals surface area contributed by atoms with Crippen LogP contribution in [0.15, 0.2) is 0 Å². The van der Waals surface area contributed by atoms with Gasteiger partial charge in [-0.25, -0.2) is 0 Å². The van der Waals surface area contributed by atoms with Crippen molar-refractivity contribution in [3.05, 3.63) is 0 Å². The molecule has 0 amide bonds. The van der Waals surface area contributed by atoms with Gasteiger partial charge in [0, 0.05) is 6.42 Å². The molecular weight excluding hydrogens is 250 g/mol. The number of carbonyl (C=O) groups is 2. The summed E-state index contributed by atoms with van der Waals surface area (Å²) in [6, 6.07) is 0. The Hall–Kier alpha value is -1.14. The number of hydrogen-bond acceptors (Lipinski definition) is 4. The molecule has 19 heavy (non-hydrogen) atoms. The first-order chi connectivity index (χ1) is 8.64. The smallest absolute Gasteiger partial charge is 0.307 e. The van der Waals surface area contributed by atoms with Crippen molar-refractivity contribution >= 4 is 11.9 Å². The first-order valence-corrected chi connectivity index (χ1v) is 6.53. The highest BCUT2D eigenvalue weighted by Gasteiger charge is 2.24. The molecule has 2 N–H and O–H groups in total. The molecule has 0 fully saturated rings. The van der Waals surface area contributed by atoms with Crippen molar-refractivity contribution in [3.8, 4) is 0 Å². The molecule has 0 radical (unpaired) electrons. The van der Waals surface area contributed by atoms with Gasteiger partial charge >= 0.3 is 11.9 Å². The van der Waals surface area contributed by atoms with Crippen LogP contribution in [0.25, 0.3) is 0 Å². The largest absolute Gasteiger partial charge is 0.481 e. The number of rotatable bonds is 9. The second kappa shape index (κ2) is 8.12. The number of aliphatic hydroxyl groups is 1. The van der Waals surface area contributed by atoms with E-state index in [-0.39, 0.29) is 12.8 Å². The van der Waals surface area contributed by atoms with Crippen LogP contribution in [0, 0.1) is 0 Å². The summed E-state index contributed by atoms with van der Waals surface area (Å²) in [6.07, 6.45) is -0.294. The number of likely N-dealkylation sites (N-methyl/N-ethyl adjacent to an activating group) is 1. The second-order valence-electron chi connectivity index (χ2n) is 5.78. The molecule has 112 valence electrons. The Kier molecular flexibility index (Phi) is 7.63. The van der Waals surface area contributed by atoms with Gasteiger partial charge in [0.2, 0.25) is 0 Å². The van der Waals surface area contributed by atoms with E-state index in [9.17, 15) is 14.7 Å². The minimum absolute atomic E-state index is 0.113. The summed E-state index contributed by atoms with van der Waals surface area (Å²) in [5.74, 6) is -1.44. The normalized spacial score (nSPS) is 14.8. The fourth-order valence-corrected chi connectivity index (χ4v) is 1.68. The predicted molar refractivity (Wildman–Crippen MR) is 70.6 cm³/mol. The zero-order chi connectivity index (χ0) is 15.1. The van der Waals surface area contributed by atoms with E-state index < -0.39 is 24.1 Å². The van der Waals surface area contributed by atoms with Crippen molar-refractivity contribution in [2.24, 2.45) is 0 Å². The lowest BCUT2D eigenvalue weighted by Gasteiger charge is -2.28. The highest BCUT2D eigenvalue weighted by atomic mass is 16.5. The Morgan fingerprint density at radius 2 is 1.84 bits per heavy atom. The summed E-state index contributed by atoms with van der Waals surface area (Å²) < 4.78 is 5.70. The van der Waals surface area contributed by atoms with Crippen LogP contribution in [0.2, 0.25) is 0 Å². The number of ether oxygens (including phenoxy) is 1. The molecule has 0 aromatic rings. The summed E-state index contributed by atoms with van der Waals surface area (Å²) >= 11 is 0. The van der Waals surface area contributed by atoms with Crippen LogP contribution in [0.1, 0.15) is 32.6 Å². The lowest BCUT2D eigenvalue weighted by atomic mass is 10.1. The lowest BCUT2D eigenvalue weighted by molar-refractivity contribution is -0.873. The number of carboxylic acid groups (broad SMARTS) is 1. The molecule has 0 aliphatic carbocycles. The van der Waals surface area contributed by atoms with Gasteiger partial charge in [0.25, 0.3) is 0 Å². The van der Waals surface area contributed by atoms with Crippen LogP contribution in [-0.2, 0) is 14.3 Å². The van der Waals surface area contributed by atoms with Gasteiger partial charge in [0.1, 0.15) is 6.54 Å². The summed E-state index contributed by atoms with van der Waals surface area (Å²) in [4.78, 5) is 22.4. The van der Waals surface area contributed by atoms with E-state index in [1.165, 1.54) is 0 Å². The molecule has 0 aromatic heterocycles. The van der Waals surface area contributed by atoms with Crippen molar-refractivity contribution in [3.63, 3.8) is 0 Å². The molecular formula is C13H26NO5+. The zero-order valence-electron chi connectivity index (χ0n) is 12.3. The predicted octanol–water partition coefficient (Wildman–Crippen LogP) is 0.630. The van der Waals surface area contributed by atoms with E-state index >= 15 is 0 Å². The fraction of sp³-hybridized carbons (Fsp3) is 0.846. The number of quaternary nitrogens is 1. The minimum atomic E-state index is -0.986. The average Bonchev–Trinajstić information content (AvgIpc) is 2.22. The van der Waals surface area contributed by atoms with Crippen molar-refractivity contribution in [2.45, 2.75) is 44.8 Å². The van der Waals surface area contributed by atoms with Crippen LogP contribution < -0.4 is 0 Å². The standard InChI is InChI=1S/C13H25NO5/c1-5-10(15)6-7-13(18)19-11(8-12(16)17)9-14(2,3)4/h10-11,15H,5-9H2,1-4H3/p+1. The molecule has 0 aliphatic heterocycles. The Morgan fingerprint density at radius 3 is 2.26 bits per heavy atom. The Balaban J connectivity index is 4.30. The number of carboxylic acids is 1. The summed E-state index contributed by atoms with van der Waals surface area (Å²) in [6.45, 7) is 2.27. The van der Waals surface area contributed by atoms with Gasteiger partial charge in [0.15, 0.2) is 6.10 Å². The molecule has 0 aliphatic rings. The van der Waals surface area contributed by atoms with Gasteiger partial charge in [-0.05, 0) is 12.8 Å². The number of esters is 1. The van der Waals surface area contributed by atoms with Crippen LogP contribution in [-0.4, -0.2) is 66.5 Å². The molecule has 2 atom stereocenters. The van der Waals surface area contributed by atoms with Crippen molar-refractivity contribution in [1.82, 2.24) is 0 Å². The minimum Gasteiger partial charge on any atom is -0.481 e. The van der Waals surface area contributed by atoms with Crippen molar-refractivity contribution < 1.29 is 29.0 Å². The van der Waals surface area contributed by atoms with Gasteiger partial charge in [0.05, 0.1) is 33.7 Å². The van der Waals surface area contributed by atoms with Crippen molar-refractivity contribution in [2.75, 3.05) is 27.7 Å². The Bertz CT molecular complexity index is 298. The van der Waals surface area contributed by atoms with Gasteiger partial charge in [-0.1, -0.05) is 6.92 Å². The molecule has 0 aromatic carbocycles. The quantitative estimate of drug-likeness (QED) is 0.477. The molecule has 6 heteroatoms. The Labute approximate surface area is 114 Å². The second-order valence-corrected chi connectivity index (χ2v) is 5.78. The Morgan fingerprint density at radius 1 is 1.26 bits per heavy atom. The molecule has 0 saturated heterocycles. The average molecular weight is 276 g/mol. The van der Waals surface area contributed by atoms with Crippen LogP contribution >= 0.6 is 0 Å². The van der Waals surface area contributed by atoms with E-state index in [4.69, 9.17) is 9.84 Å². The summed E-state index contributed by atoms with van der Waals surface area (Å²) in [7, 11) is 5.72. The molecule has 0 rings (SSSR count). The van der Waals surface area contributed by atoms with E-state index in [1.807, 2.05) is 28.1 Å². The van der Waals surface area contributed by atoms with E-state index in [2.05, 4.69) is 0 Å². The van der Waals surface area contributed by atoms with E-state index in [1.54, 1.807) is 0 Å². The third-order valence-corrected chi connectivity index (χ3v) is 2.60. The number of carbonyl (C=O) groups excluding carboxylic acids is 1. The van der Waals surface area contributed by atoms with Gasteiger partial charge in [-0.3, -0.25) is 9.59 Å². The van der Waals surface area contributed by atoms with Crippen LogP contribution in [0.5, 0.6) is 0 Å². The topological polar surface area (TPSA) is 83.8 Å². The maximum absolute atomic E-state index is 11.6. The first-order valence-electron chi connectivity index (χ1n) is 6.53. The number of hydrogen-bond donors (Lipinski definition) is 2. The maximum atomic E-state index is 11.6.